The quantitative estimate of drug-likeness (QED) is 0.444. The molecule has 0 aromatic carbocycles. The Morgan fingerprint density at radius 3 is 2.64 bits per heavy atom. The summed E-state index contributed by atoms with van der Waals surface area (Å²) < 4.78 is 0. The highest BCUT2D eigenvalue weighted by Gasteiger charge is 2.61. The van der Waals surface area contributed by atoms with Gasteiger partial charge in [-0.05, 0) is 25.3 Å². The van der Waals surface area contributed by atoms with Crippen molar-refractivity contribution in [3.63, 3.8) is 0 Å². The van der Waals surface area contributed by atoms with Gasteiger partial charge in [0.2, 0.25) is 0 Å². The normalized spacial score (nSPS) is 48.0. The molecule has 3 aliphatic rings. The van der Waals surface area contributed by atoms with Gasteiger partial charge in [-0.15, -0.1) is 0 Å². The molecule has 0 spiro atoms. The summed E-state index contributed by atoms with van der Waals surface area (Å²) in [7, 11) is 0. The summed E-state index contributed by atoms with van der Waals surface area (Å²) in [4.78, 5) is 0. The number of nitrogens with one attached hydrogen (secondary N) is 1. The van der Waals surface area contributed by atoms with Crippen LogP contribution in [0.25, 0.3) is 0 Å². The molecule has 60 valence electrons. The molecule has 2 fully saturated rings. The molecule has 0 aromatic rings. The molecule has 3 rings (SSSR count). The van der Waals surface area contributed by atoms with Crippen molar-refractivity contribution in [3.05, 3.63) is 11.1 Å². The molecule has 3 atom stereocenters. The Hall–Kier alpha value is -0.340. The van der Waals surface area contributed by atoms with Gasteiger partial charge >= 0.3 is 0 Å². The molecule has 11 heavy (non-hydrogen) atoms. The van der Waals surface area contributed by atoms with Crippen LogP contribution in [0, 0.1) is 5.92 Å². The van der Waals surface area contributed by atoms with E-state index in [0.29, 0.717) is 0 Å². The monoisotopic (exact) mass is 151 g/mol. The number of aliphatic hydroxyl groups excluding tert-OH is 1. The van der Waals surface area contributed by atoms with Crippen LogP contribution >= 0.6 is 0 Å². The second kappa shape index (κ2) is 1.54. The highest BCUT2D eigenvalue weighted by atomic mass is 16.3. The fraction of sp³-hybridized carbons (Fsp3) is 0.778. The van der Waals surface area contributed by atoms with Gasteiger partial charge in [0.05, 0.1) is 11.6 Å². The summed E-state index contributed by atoms with van der Waals surface area (Å²) >= 11 is 0. The first-order chi connectivity index (χ1) is 5.26. The van der Waals surface area contributed by atoms with Crippen LogP contribution in [0.1, 0.15) is 19.8 Å². The highest BCUT2D eigenvalue weighted by Crippen LogP contribution is 2.61. The van der Waals surface area contributed by atoms with Crippen molar-refractivity contribution in [1.82, 2.24) is 5.32 Å². The first-order valence-corrected chi connectivity index (χ1v) is 4.42. The zero-order valence-electron chi connectivity index (χ0n) is 6.72. The Balaban J connectivity index is 1.89. The standard InChI is InChI=1S/C9H13NO/c1-5(11)9(4-10-9)8-6-2-3-7(6)8/h5-6,10-11H,2-4H2,1H3. The Bertz CT molecular complexity index is 250. The van der Waals surface area contributed by atoms with Crippen LogP contribution in [0.4, 0.5) is 0 Å². The lowest BCUT2D eigenvalue weighted by Crippen LogP contribution is -2.30. The molecule has 1 aliphatic heterocycles. The topological polar surface area (TPSA) is 42.2 Å². The Morgan fingerprint density at radius 1 is 1.73 bits per heavy atom. The number of fused-ring (bicyclic) bond motifs is 1. The van der Waals surface area contributed by atoms with Crippen LogP contribution in [-0.4, -0.2) is 23.3 Å². The van der Waals surface area contributed by atoms with Gasteiger partial charge in [-0.25, -0.2) is 0 Å². The van der Waals surface area contributed by atoms with Crippen molar-refractivity contribution in [2.45, 2.75) is 31.4 Å². The van der Waals surface area contributed by atoms with Crippen LogP contribution < -0.4 is 5.32 Å². The van der Waals surface area contributed by atoms with Crippen LogP contribution in [0.15, 0.2) is 11.1 Å². The van der Waals surface area contributed by atoms with E-state index in [1.165, 1.54) is 12.8 Å². The van der Waals surface area contributed by atoms with Gasteiger partial charge in [0.25, 0.3) is 0 Å². The third-order valence-electron chi connectivity index (χ3n) is 3.49. The smallest absolute Gasteiger partial charge is 0.0790 e. The van der Waals surface area contributed by atoms with E-state index in [1.807, 2.05) is 6.92 Å². The van der Waals surface area contributed by atoms with Gasteiger partial charge in [-0.2, -0.15) is 0 Å². The number of hydrogen-bond donors (Lipinski definition) is 2. The summed E-state index contributed by atoms with van der Waals surface area (Å²) in [6.45, 7) is 2.89. The maximum Gasteiger partial charge on any atom is 0.0790 e. The molecule has 3 unspecified atom stereocenters. The first-order valence-electron chi connectivity index (χ1n) is 4.42. The van der Waals surface area contributed by atoms with Crippen molar-refractivity contribution in [3.8, 4) is 0 Å². The molecule has 1 saturated heterocycles. The molecular formula is C9H13NO. The molecule has 1 heterocycles. The number of aliphatic hydroxyl groups is 1. The summed E-state index contributed by atoms with van der Waals surface area (Å²) in [5.41, 5.74) is 3.26. The molecule has 0 amide bonds. The Morgan fingerprint density at radius 2 is 2.36 bits per heavy atom. The van der Waals surface area contributed by atoms with Crippen LogP contribution in [0.2, 0.25) is 0 Å². The van der Waals surface area contributed by atoms with Crippen molar-refractivity contribution in [1.29, 1.82) is 0 Å². The fourth-order valence-electron chi connectivity index (χ4n) is 2.44. The Kier molecular flexibility index (Phi) is 0.871. The van der Waals surface area contributed by atoms with Crippen molar-refractivity contribution in [2.75, 3.05) is 6.54 Å². The van der Waals surface area contributed by atoms with E-state index in [2.05, 4.69) is 5.32 Å². The molecule has 2 heteroatoms. The molecular weight excluding hydrogens is 138 g/mol. The summed E-state index contributed by atoms with van der Waals surface area (Å²) in [5.74, 6) is 0.819. The van der Waals surface area contributed by atoms with E-state index < -0.39 is 0 Å². The van der Waals surface area contributed by atoms with E-state index in [-0.39, 0.29) is 11.6 Å². The van der Waals surface area contributed by atoms with E-state index in [9.17, 15) is 5.11 Å². The molecule has 0 bridgehead atoms. The van der Waals surface area contributed by atoms with E-state index in [0.717, 1.165) is 12.5 Å². The fourth-order valence-corrected chi connectivity index (χ4v) is 2.44. The lowest BCUT2D eigenvalue weighted by atomic mass is 9.94. The molecule has 2 nitrogen and oxygen atoms in total. The second-order valence-electron chi connectivity index (χ2n) is 4.03. The van der Waals surface area contributed by atoms with E-state index in [4.69, 9.17) is 0 Å². The van der Waals surface area contributed by atoms with Gasteiger partial charge < -0.3 is 10.4 Å². The molecule has 1 saturated carbocycles. The number of hydrogen-bond acceptors (Lipinski definition) is 2. The maximum atomic E-state index is 9.52. The largest absolute Gasteiger partial charge is 0.391 e. The zero-order valence-corrected chi connectivity index (χ0v) is 6.72. The molecule has 0 radical (unpaired) electrons. The lowest BCUT2D eigenvalue weighted by molar-refractivity contribution is 0.163. The lowest BCUT2D eigenvalue weighted by Gasteiger charge is -2.15. The minimum absolute atomic E-state index is 0.0521. The molecule has 2 aliphatic carbocycles. The van der Waals surface area contributed by atoms with Gasteiger partial charge in [-0.1, -0.05) is 5.57 Å². The minimum Gasteiger partial charge on any atom is -0.391 e. The van der Waals surface area contributed by atoms with Crippen LogP contribution in [-0.2, 0) is 0 Å². The van der Waals surface area contributed by atoms with Gasteiger partial charge in [-0.3, -0.25) is 0 Å². The average Bonchev–Trinajstić information content (AvgIpc) is 2.68. The van der Waals surface area contributed by atoms with Crippen LogP contribution in [0.3, 0.4) is 0 Å². The average molecular weight is 151 g/mol. The third-order valence-corrected chi connectivity index (χ3v) is 3.49. The molecule has 2 N–H and O–H groups in total. The first kappa shape index (κ1) is 6.21. The van der Waals surface area contributed by atoms with Crippen molar-refractivity contribution in [2.24, 2.45) is 5.92 Å². The number of rotatable bonds is 2. The summed E-state index contributed by atoms with van der Waals surface area (Å²) in [6, 6.07) is 0. The highest BCUT2D eigenvalue weighted by molar-refractivity contribution is 5.57. The Labute approximate surface area is 66.3 Å². The second-order valence-corrected chi connectivity index (χ2v) is 4.03. The summed E-state index contributed by atoms with van der Waals surface area (Å²) in [5, 5.41) is 12.8. The maximum absolute atomic E-state index is 9.52. The SMILES string of the molecule is CC(O)C1(C2=C3CCC32)CN1. The predicted molar refractivity (Wildman–Crippen MR) is 42.2 cm³/mol. The van der Waals surface area contributed by atoms with Crippen molar-refractivity contribution < 1.29 is 5.11 Å². The van der Waals surface area contributed by atoms with Gasteiger partial charge in [0.1, 0.15) is 0 Å². The van der Waals surface area contributed by atoms with Gasteiger partial charge in [0.15, 0.2) is 0 Å². The van der Waals surface area contributed by atoms with Crippen LogP contribution in [0.5, 0.6) is 0 Å². The summed E-state index contributed by atoms with van der Waals surface area (Å²) in [6.07, 6.45) is 2.45. The third kappa shape index (κ3) is 0.565. The van der Waals surface area contributed by atoms with E-state index in [1.54, 1.807) is 11.1 Å². The van der Waals surface area contributed by atoms with Gasteiger partial charge in [0, 0.05) is 12.5 Å². The molecule has 0 aromatic heterocycles. The van der Waals surface area contributed by atoms with E-state index >= 15 is 0 Å². The minimum atomic E-state index is -0.199. The number of allylic oxidation sites excluding steroid dienone is 1. The predicted octanol–water partition coefficient (Wildman–Crippen LogP) is 0.429. The zero-order chi connectivity index (χ0) is 7.64. The van der Waals surface area contributed by atoms with Crippen molar-refractivity contribution >= 4 is 0 Å².